The molecule has 188 valence electrons. The minimum Gasteiger partial charge on any atom is -0.378 e. The maximum absolute atomic E-state index is 14.9. The predicted molar refractivity (Wildman–Crippen MR) is 131 cm³/mol. The molecule has 4 aromatic rings. The number of nitrogens with zero attached hydrogens (tertiary/aromatic N) is 6. The van der Waals surface area contributed by atoms with Gasteiger partial charge in [-0.2, -0.15) is 9.49 Å². The second-order valence-electron chi connectivity index (χ2n) is 9.74. The zero-order valence-electron chi connectivity index (χ0n) is 20.5. The first-order valence-electron chi connectivity index (χ1n) is 11.7. The zero-order chi connectivity index (χ0) is 25.6. The summed E-state index contributed by atoms with van der Waals surface area (Å²) in [7, 11) is 0. The van der Waals surface area contributed by atoms with Crippen LogP contribution in [0.1, 0.15) is 36.7 Å². The average Bonchev–Trinajstić information content (AvgIpc) is 3.47. The van der Waals surface area contributed by atoms with Crippen molar-refractivity contribution >= 4 is 23.1 Å². The zero-order valence-corrected chi connectivity index (χ0v) is 20.5. The minimum absolute atomic E-state index is 0.0797. The Kier molecular flexibility index (Phi) is 5.95. The minimum atomic E-state index is -0.788. The molecule has 1 fully saturated rings. The highest BCUT2D eigenvalue weighted by atomic mass is 19.1. The summed E-state index contributed by atoms with van der Waals surface area (Å²) in [6.45, 7) is 9.61. The van der Waals surface area contributed by atoms with E-state index in [4.69, 9.17) is 9.72 Å². The van der Waals surface area contributed by atoms with Crippen molar-refractivity contribution in [3.63, 3.8) is 0 Å². The topological polar surface area (TPSA) is 89.6 Å². The van der Waals surface area contributed by atoms with E-state index < -0.39 is 23.2 Å². The van der Waals surface area contributed by atoms with Crippen LogP contribution in [0.2, 0.25) is 0 Å². The predicted octanol–water partition coefficient (Wildman–Crippen LogP) is 4.02. The number of fused-ring (bicyclic) bond motifs is 1. The van der Waals surface area contributed by atoms with Gasteiger partial charge in [0, 0.05) is 37.2 Å². The van der Waals surface area contributed by atoms with Crippen molar-refractivity contribution in [2.24, 2.45) is 0 Å². The van der Waals surface area contributed by atoms with E-state index in [1.807, 2.05) is 16.8 Å². The highest BCUT2D eigenvalue weighted by Crippen LogP contribution is 2.31. The van der Waals surface area contributed by atoms with Gasteiger partial charge in [-0.3, -0.25) is 4.79 Å². The van der Waals surface area contributed by atoms with E-state index in [1.165, 1.54) is 12.1 Å². The summed E-state index contributed by atoms with van der Waals surface area (Å²) < 4.78 is 38.2. The van der Waals surface area contributed by atoms with Gasteiger partial charge < -0.3 is 19.4 Å². The fourth-order valence-corrected chi connectivity index (χ4v) is 4.22. The summed E-state index contributed by atoms with van der Waals surface area (Å²) in [5, 5.41) is 6.48. The number of ether oxygens (including phenoxy) is 1. The maximum atomic E-state index is 14.9. The van der Waals surface area contributed by atoms with Gasteiger partial charge in [-0.1, -0.05) is 0 Å². The Morgan fingerprint density at radius 2 is 1.92 bits per heavy atom. The Bertz CT molecular complexity index is 1450. The molecule has 0 spiro atoms. The number of amides is 1. The van der Waals surface area contributed by atoms with Crippen LogP contribution in [0.3, 0.4) is 0 Å². The van der Waals surface area contributed by atoms with E-state index in [-0.39, 0.29) is 11.3 Å². The van der Waals surface area contributed by atoms with Gasteiger partial charge in [-0.25, -0.2) is 19.0 Å². The smallest absolute Gasteiger partial charge is 0.262 e. The number of rotatable bonds is 4. The van der Waals surface area contributed by atoms with Crippen LogP contribution < -0.4 is 10.2 Å². The van der Waals surface area contributed by atoms with E-state index in [9.17, 15) is 13.6 Å². The Hall–Kier alpha value is -3.86. The van der Waals surface area contributed by atoms with Crippen molar-refractivity contribution < 1.29 is 18.3 Å². The highest BCUT2D eigenvalue weighted by Gasteiger charge is 2.25. The summed E-state index contributed by atoms with van der Waals surface area (Å²) in [4.78, 5) is 24.2. The van der Waals surface area contributed by atoms with Gasteiger partial charge >= 0.3 is 0 Å². The Morgan fingerprint density at radius 3 is 2.61 bits per heavy atom. The lowest BCUT2D eigenvalue weighted by atomic mass is 10.0. The molecular weight excluding hydrogens is 468 g/mol. The van der Waals surface area contributed by atoms with Gasteiger partial charge in [0.25, 0.3) is 5.91 Å². The molecule has 4 heterocycles. The number of aryl methyl sites for hydroxylation is 1. The number of carbonyl (C=O) groups is 1. The van der Waals surface area contributed by atoms with E-state index in [0.717, 1.165) is 10.9 Å². The van der Waals surface area contributed by atoms with E-state index in [1.54, 1.807) is 33.9 Å². The summed E-state index contributed by atoms with van der Waals surface area (Å²) >= 11 is 0. The molecule has 0 bridgehead atoms. The normalized spacial score (nSPS) is 14.4. The highest BCUT2D eigenvalue weighted by molar-refractivity contribution is 6.04. The van der Waals surface area contributed by atoms with Crippen LogP contribution in [0.5, 0.6) is 0 Å². The Labute approximate surface area is 206 Å². The van der Waals surface area contributed by atoms with Crippen LogP contribution in [0, 0.1) is 18.7 Å². The largest absolute Gasteiger partial charge is 0.378 e. The monoisotopic (exact) mass is 495 g/mol. The number of carbonyl (C=O) groups excluding carboxylic acids is 1. The van der Waals surface area contributed by atoms with Crippen molar-refractivity contribution in [3.05, 3.63) is 59.8 Å². The van der Waals surface area contributed by atoms with Gasteiger partial charge in [-0.15, -0.1) is 0 Å². The van der Waals surface area contributed by atoms with Crippen molar-refractivity contribution in [1.29, 1.82) is 0 Å². The lowest BCUT2D eigenvalue weighted by molar-refractivity contribution is 0.102. The fraction of sp³-hybridized carbons (Fsp3) is 0.360. The number of nitrogens with one attached hydrogen (secondary N) is 1. The van der Waals surface area contributed by atoms with Crippen molar-refractivity contribution in [3.8, 4) is 11.3 Å². The first kappa shape index (κ1) is 23.9. The molecule has 5 rings (SSSR count). The number of hydrogen-bond acceptors (Lipinski definition) is 6. The average molecular weight is 496 g/mol. The molecule has 0 radical (unpaired) electrons. The Balaban J connectivity index is 1.52. The van der Waals surface area contributed by atoms with Crippen LogP contribution in [0.15, 0.2) is 36.9 Å². The molecule has 36 heavy (non-hydrogen) atoms. The number of imidazole rings is 1. The number of morpholine rings is 1. The van der Waals surface area contributed by atoms with Crippen LogP contribution in [0.25, 0.3) is 16.9 Å². The molecule has 0 saturated carbocycles. The molecule has 11 heteroatoms. The number of hydrogen-bond donors (Lipinski definition) is 1. The van der Waals surface area contributed by atoms with Gasteiger partial charge in [0.2, 0.25) is 5.95 Å². The third-order valence-electron chi connectivity index (χ3n) is 6.10. The molecule has 0 unspecified atom stereocenters. The van der Waals surface area contributed by atoms with E-state index in [2.05, 4.69) is 20.3 Å². The molecule has 9 nitrogen and oxygen atoms in total. The van der Waals surface area contributed by atoms with E-state index >= 15 is 0 Å². The van der Waals surface area contributed by atoms with Crippen LogP contribution >= 0.6 is 0 Å². The molecule has 3 aromatic heterocycles. The molecule has 1 amide bonds. The second-order valence-corrected chi connectivity index (χ2v) is 9.74. The summed E-state index contributed by atoms with van der Waals surface area (Å²) in [6.07, 6.45) is 6.47. The first-order chi connectivity index (χ1) is 17.1. The molecule has 1 aliphatic heterocycles. The summed E-state index contributed by atoms with van der Waals surface area (Å²) in [5.74, 6) is -1.50. The molecule has 0 aliphatic carbocycles. The van der Waals surface area contributed by atoms with E-state index in [0.29, 0.717) is 54.6 Å². The van der Waals surface area contributed by atoms with Crippen molar-refractivity contribution in [2.75, 3.05) is 36.5 Å². The summed E-state index contributed by atoms with van der Waals surface area (Å²) in [6, 6.07) is 2.84. The third-order valence-corrected chi connectivity index (χ3v) is 6.10. The third kappa shape index (κ3) is 4.30. The van der Waals surface area contributed by atoms with Crippen molar-refractivity contribution in [2.45, 2.75) is 33.2 Å². The number of benzene rings is 1. The number of halogens is 2. The molecule has 1 N–H and O–H groups in total. The molecule has 1 saturated heterocycles. The number of aromatic nitrogens is 5. The molecule has 1 aromatic carbocycles. The first-order valence-corrected chi connectivity index (χ1v) is 11.7. The lowest BCUT2D eigenvalue weighted by Crippen LogP contribution is -2.37. The second kappa shape index (κ2) is 8.98. The quantitative estimate of drug-likeness (QED) is 0.460. The van der Waals surface area contributed by atoms with Crippen LogP contribution in [-0.4, -0.2) is 56.4 Å². The SMILES string of the molecule is Cc1cc(F)c(NC(=O)c2cnn(C(C)(C)C)c2F)cc1-c1cn2ccnc2c(N2CCOCC2)n1. The van der Waals surface area contributed by atoms with Gasteiger partial charge in [-0.05, 0) is 45.4 Å². The Morgan fingerprint density at radius 1 is 1.17 bits per heavy atom. The molecule has 1 aliphatic rings. The van der Waals surface area contributed by atoms with Gasteiger partial charge in [0.05, 0.1) is 36.3 Å². The van der Waals surface area contributed by atoms with Gasteiger partial charge in [0.1, 0.15) is 11.4 Å². The van der Waals surface area contributed by atoms with Crippen LogP contribution in [0.4, 0.5) is 20.3 Å². The number of anilines is 2. The van der Waals surface area contributed by atoms with Crippen LogP contribution in [-0.2, 0) is 10.3 Å². The van der Waals surface area contributed by atoms with Crippen molar-refractivity contribution in [1.82, 2.24) is 24.1 Å². The fourth-order valence-electron chi connectivity index (χ4n) is 4.22. The summed E-state index contributed by atoms with van der Waals surface area (Å²) in [5.41, 5.74) is 1.56. The molecular formula is C25H27F2N7O2. The lowest BCUT2D eigenvalue weighted by Gasteiger charge is -2.28. The standard InChI is InChI=1S/C25H27F2N7O2/c1-15-11-18(26)19(31-24(35)17-13-29-34(21(17)27)25(2,3)4)12-16(15)20-14-33-6-5-28-22(33)23(30-20)32-7-9-36-10-8-32/h5-6,11-14H,7-10H2,1-4H3,(H,31,35). The maximum Gasteiger partial charge on any atom is 0.262 e. The van der Waals surface area contributed by atoms with Gasteiger partial charge in [0.15, 0.2) is 11.5 Å². The molecule has 0 atom stereocenters.